The number of hydrogen-bond acceptors (Lipinski definition) is 2. The molecule has 0 heterocycles. The molecule has 110 valence electrons. The number of carbonyl (C=O) groups excluding carboxylic acids is 1. The third kappa shape index (κ3) is 4.46. The van der Waals surface area contributed by atoms with E-state index in [9.17, 15) is 9.90 Å². The second-order valence-corrected chi connectivity index (χ2v) is 5.49. The van der Waals surface area contributed by atoms with Crippen LogP contribution in [0, 0.1) is 0 Å². The maximum absolute atomic E-state index is 12.1. The van der Waals surface area contributed by atoms with Gasteiger partial charge in [0, 0.05) is 5.56 Å². The molecule has 21 heavy (non-hydrogen) atoms. The molecule has 0 fully saturated rings. The van der Waals surface area contributed by atoms with Gasteiger partial charge in [0.25, 0.3) is 5.91 Å². The summed E-state index contributed by atoms with van der Waals surface area (Å²) in [6.45, 7) is -0.137. The second-order valence-electron chi connectivity index (χ2n) is 4.67. The monoisotopic (exact) mass is 323 g/mol. The van der Waals surface area contributed by atoms with Crippen molar-refractivity contribution in [1.82, 2.24) is 5.32 Å². The predicted molar refractivity (Wildman–Crippen MR) is 84.9 cm³/mol. The Morgan fingerprint density at radius 3 is 2.43 bits per heavy atom. The van der Waals surface area contributed by atoms with E-state index in [1.54, 1.807) is 12.1 Å². The molecule has 2 aromatic rings. The van der Waals surface area contributed by atoms with Crippen LogP contribution < -0.4 is 5.32 Å². The summed E-state index contributed by atoms with van der Waals surface area (Å²) in [7, 11) is 0. The average Bonchev–Trinajstić information content (AvgIpc) is 2.50. The zero-order valence-corrected chi connectivity index (χ0v) is 12.7. The summed E-state index contributed by atoms with van der Waals surface area (Å²) < 4.78 is 0. The fraction of sp³-hybridized carbons (Fsp3) is 0.188. The van der Waals surface area contributed by atoms with Gasteiger partial charge in [-0.15, -0.1) is 0 Å². The lowest BCUT2D eigenvalue weighted by Gasteiger charge is -2.16. The van der Waals surface area contributed by atoms with Crippen molar-refractivity contribution in [2.45, 2.75) is 12.5 Å². The van der Waals surface area contributed by atoms with Crippen LogP contribution in [0.15, 0.2) is 48.5 Å². The summed E-state index contributed by atoms with van der Waals surface area (Å²) in [5.74, 6) is -0.288. The Kier molecular flexibility index (Phi) is 5.62. The highest BCUT2D eigenvalue weighted by Crippen LogP contribution is 2.22. The minimum Gasteiger partial charge on any atom is -0.394 e. The van der Waals surface area contributed by atoms with Crippen molar-refractivity contribution in [3.8, 4) is 0 Å². The van der Waals surface area contributed by atoms with Crippen LogP contribution in [0.2, 0.25) is 10.0 Å². The van der Waals surface area contributed by atoms with Crippen LogP contribution in [-0.4, -0.2) is 23.7 Å². The molecule has 0 radical (unpaired) electrons. The van der Waals surface area contributed by atoms with Gasteiger partial charge >= 0.3 is 0 Å². The maximum Gasteiger partial charge on any atom is 0.251 e. The molecule has 1 unspecified atom stereocenters. The van der Waals surface area contributed by atoms with Crippen molar-refractivity contribution in [2.75, 3.05) is 6.61 Å². The van der Waals surface area contributed by atoms with E-state index < -0.39 is 0 Å². The predicted octanol–water partition coefficient (Wildman–Crippen LogP) is 3.33. The van der Waals surface area contributed by atoms with Crippen LogP contribution in [0.4, 0.5) is 0 Å². The molecule has 0 spiro atoms. The molecule has 2 aromatic carbocycles. The van der Waals surface area contributed by atoms with Gasteiger partial charge in [-0.2, -0.15) is 0 Å². The number of amides is 1. The van der Waals surface area contributed by atoms with Crippen LogP contribution >= 0.6 is 23.2 Å². The highest BCUT2D eigenvalue weighted by molar-refractivity contribution is 6.42. The molecule has 0 saturated heterocycles. The van der Waals surface area contributed by atoms with Gasteiger partial charge in [-0.05, 0) is 30.2 Å². The Balaban J connectivity index is 2.04. The molecule has 5 heteroatoms. The van der Waals surface area contributed by atoms with E-state index in [4.69, 9.17) is 23.2 Å². The van der Waals surface area contributed by atoms with E-state index in [1.165, 1.54) is 6.07 Å². The third-order valence-corrected chi connectivity index (χ3v) is 3.80. The molecule has 0 aliphatic rings. The van der Waals surface area contributed by atoms with Crippen LogP contribution in [0.5, 0.6) is 0 Å². The zero-order valence-electron chi connectivity index (χ0n) is 11.2. The third-order valence-electron chi connectivity index (χ3n) is 3.06. The zero-order chi connectivity index (χ0) is 15.2. The first-order valence-electron chi connectivity index (χ1n) is 6.51. The molecule has 3 nitrogen and oxygen atoms in total. The Morgan fingerprint density at radius 2 is 1.81 bits per heavy atom. The van der Waals surface area contributed by atoms with Crippen molar-refractivity contribution in [3.05, 3.63) is 69.7 Å². The van der Waals surface area contributed by atoms with Crippen molar-refractivity contribution < 1.29 is 9.90 Å². The Bertz CT molecular complexity index is 617. The molecule has 1 atom stereocenters. The summed E-state index contributed by atoms with van der Waals surface area (Å²) in [6, 6.07) is 14.0. The quantitative estimate of drug-likeness (QED) is 0.886. The first kappa shape index (κ1) is 15.8. The van der Waals surface area contributed by atoms with E-state index in [-0.39, 0.29) is 18.6 Å². The summed E-state index contributed by atoms with van der Waals surface area (Å²) in [5, 5.41) is 12.9. The first-order chi connectivity index (χ1) is 10.1. The molecule has 0 aromatic heterocycles. The van der Waals surface area contributed by atoms with E-state index in [0.717, 1.165) is 5.56 Å². The number of rotatable bonds is 5. The van der Waals surface area contributed by atoms with Crippen LogP contribution in [0.3, 0.4) is 0 Å². The van der Waals surface area contributed by atoms with Gasteiger partial charge in [-0.3, -0.25) is 4.79 Å². The van der Waals surface area contributed by atoms with E-state index >= 15 is 0 Å². The lowest BCUT2D eigenvalue weighted by molar-refractivity contribution is 0.0916. The number of nitrogens with one attached hydrogen (secondary N) is 1. The summed E-state index contributed by atoms with van der Waals surface area (Å²) >= 11 is 11.7. The number of benzene rings is 2. The summed E-state index contributed by atoms with van der Waals surface area (Å²) in [6.07, 6.45) is 0.560. The van der Waals surface area contributed by atoms with Gasteiger partial charge in [-0.1, -0.05) is 53.5 Å². The molecular formula is C16H15Cl2NO2. The van der Waals surface area contributed by atoms with E-state index in [0.29, 0.717) is 22.0 Å². The topological polar surface area (TPSA) is 49.3 Å². The van der Waals surface area contributed by atoms with Crippen molar-refractivity contribution in [1.29, 1.82) is 0 Å². The fourth-order valence-electron chi connectivity index (χ4n) is 1.97. The van der Waals surface area contributed by atoms with Gasteiger partial charge in [-0.25, -0.2) is 0 Å². The SMILES string of the molecule is O=C(NC(CO)Cc1ccccc1)c1ccc(Cl)c(Cl)c1. The maximum atomic E-state index is 12.1. The molecule has 0 bridgehead atoms. The van der Waals surface area contributed by atoms with E-state index in [2.05, 4.69) is 5.32 Å². The molecule has 2 rings (SSSR count). The van der Waals surface area contributed by atoms with E-state index in [1.807, 2.05) is 30.3 Å². The number of aliphatic hydroxyl groups is 1. The molecule has 2 N–H and O–H groups in total. The average molecular weight is 324 g/mol. The van der Waals surface area contributed by atoms with Gasteiger partial charge in [0.1, 0.15) is 0 Å². The minimum absolute atomic E-state index is 0.137. The lowest BCUT2D eigenvalue weighted by atomic mass is 10.1. The van der Waals surface area contributed by atoms with Crippen LogP contribution in [-0.2, 0) is 6.42 Å². The molecule has 0 saturated carbocycles. The lowest BCUT2D eigenvalue weighted by Crippen LogP contribution is -2.39. The highest BCUT2D eigenvalue weighted by Gasteiger charge is 2.14. The Labute approximate surface area is 133 Å². The molecule has 1 amide bonds. The second kappa shape index (κ2) is 7.46. The smallest absolute Gasteiger partial charge is 0.251 e. The Hall–Kier alpha value is -1.55. The Morgan fingerprint density at radius 1 is 1.10 bits per heavy atom. The molecular weight excluding hydrogens is 309 g/mol. The standard InChI is InChI=1S/C16H15Cl2NO2/c17-14-7-6-12(9-15(14)18)16(21)19-13(10-20)8-11-4-2-1-3-5-11/h1-7,9,13,20H,8,10H2,(H,19,21). The van der Waals surface area contributed by atoms with Crippen molar-refractivity contribution >= 4 is 29.1 Å². The number of aliphatic hydroxyl groups excluding tert-OH is 1. The highest BCUT2D eigenvalue weighted by atomic mass is 35.5. The van der Waals surface area contributed by atoms with Gasteiger partial charge < -0.3 is 10.4 Å². The largest absolute Gasteiger partial charge is 0.394 e. The van der Waals surface area contributed by atoms with Gasteiger partial charge in [0.2, 0.25) is 0 Å². The molecule has 0 aliphatic carbocycles. The van der Waals surface area contributed by atoms with Crippen LogP contribution in [0.25, 0.3) is 0 Å². The van der Waals surface area contributed by atoms with Crippen molar-refractivity contribution in [2.24, 2.45) is 0 Å². The summed E-state index contributed by atoms with van der Waals surface area (Å²) in [5.41, 5.74) is 1.46. The number of carbonyl (C=O) groups is 1. The van der Waals surface area contributed by atoms with Gasteiger partial charge in [0.15, 0.2) is 0 Å². The van der Waals surface area contributed by atoms with Crippen LogP contribution in [0.1, 0.15) is 15.9 Å². The fourth-order valence-corrected chi connectivity index (χ4v) is 2.26. The number of hydrogen-bond donors (Lipinski definition) is 2. The summed E-state index contributed by atoms with van der Waals surface area (Å²) in [4.78, 5) is 12.1. The van der Waals surface area contributed by atoms with Gasteiger partial charge in [0.05, 0.1) is 22.7 Å². The minimum atomic E-state index is -0.352. The first-order valence-corrected chi connectivity index (χ1v) is 7.26. The normalized spacial score (nSPS) is 12.0. The van der Waals surface area contributed by atoms with Crippen molar-refractivity contribution in [3.63, 3.8) is 0 Å². The molecule has 0 aliphatic heterocycles. The number of halogens is 2.